The monoisotopic (exact) mass is 310 g/mol. The summed E-state index contributed by atoms with van der Waals surface area (Å²) in [4.78, 5) is 6.90. The van der Waals surface area contributed by atoms with E-state index in [1.165, 1.54) is 24.1 Å². The summed E-state index contributed by atoms with van der Waals surface area (Å²) < 4.78 is 5.37. The lowest BCUT2D eigenvalue weighted by Gasteiger charge is -2.27. The van der Waals surface area contributed by atoms with Crippen LogP contribution in [0, 0.1) is 0 Å². The van der Waals surface area contributed by atoms with Crippen molar-refractivity contribution in [2.75, 3.05) is 35.8 Å². The van der Waals surface area contributed by atoms with Gasteiger partial charge in [0, 0.05) is 37.6 Å². The van der Waals surface area contributed by atoms with E-state index < -0.39 is 0 Å². The van der Waals surface area contributed by atoms with Crippen LogP contribution < -0.4 is 15.5 Å². The molecule has 0 spiro atoms. The third-order valence-corrected chi connectivity index (χ3v) is 4.68. The lowest BCUT2D eigenvalue weighted by Crippen LogP contribution is -2.32. The minimum absolute atomic E-state index is 0.482. The second kappa shape index (κ2) is 6.08. The van der Waals surface area contributed by atoms with E-state index in [9.17, 15) is 0 Å². The Hall–Kier alpha value is -2.27. The van der Waals surface area contributed by atoms with E-state index in [0.29, 0.717) is 6.04 Å². The van der Waals surface area contributed by atoms with Gasteiger partial charge in [-0.15, -0.1) is 0 Å². The molecule has 120 valence electrons. The highest BCUT2D eigenvalue weighted by Crippen LogP contribution is 2.35. The van der Waals surface area contributed by atoms with Gasteiger partial charge < -0.3 is 20.3 Å². The van der Waals surface area contributed by atoms with Gasteiger partial charge in [-0.05, 0) is 37.1 Å². The number of benzene rings is 1. The average Bonchev–Trinajstić information content (AvgIpc) is 2.95. The van der Waals surface area contributed by atoms with Gasteiger partial charge in [-0.1, -0.05) is 6.07 Å². The van der Waals surface area contributed by atoms with Crippen LogP contribution in [-0.4, -0.2) is 31.3 Å². The fourth-order valence-electron chi connectivity index (χ4n) is 3.52. The molecule has 1 unspecified atom stereocenters. The van der Waals surface area contributed by atoms with E-state index >= 15 is 0 Å². The molecule has 0 aliphatic carbocycles. The Kier molecular flexibility index (Phi) is 3.79. The van der Waals surface area contributed by atoms with Crippen LogP contribution in [0.25, 0.3) is 0 Å². The molecule has 1 aromatic heterocycles. The topological polar surface area (TPSA) is 49.4 Å². The molecule has 4 rings (SSSR count). The zero-order valence-corrected chi connectivity index (χ0v) is 13.4. The van der Waals surface area contributed by atoms with Crippen LogP contribution in [0.4, 0.5) is 22.9 Å². The molecule has 0 saturated carbocycles. The van der Waals surface area contributed by atoms with Gasteiger partial charge >= 0.3 is 0 Å². The Labute approximate surface area is 136 Å². The van der Waals surface area contributed by atoms with Gasteiger partial charge in [-0.2, -0.15) is 0 Å². The summed E-state index contributed by atoms with van der Waals surface area (Å²) in [6.45, 7) is 2.67. The number of hydrogen-bond acceptors (Lipinski definition) is 5. The van der Waals surface area contributed by atoms with Gasteiger partial charge in [0.15, 0.2) is 0 Å². The van der Waals surface area contributed by atoms with E-state index in [1.807, 2.05) is 12.3 Å². The zero-order valence-electron chi connectivity index (χ0n) is 13.4. The maximum absolute atomic E-state index is 5.37. The Morgan fingerprint density at radius 3 is 3.17 bits per heavy atom. The van der Waals surface area contributed by atoms with Crippen molar-refractivity contribution in [1.82, 2.24) is 4.98 Å². The Balaban J connectivity index is 1.62. The van der Waals surface area contributed by atoms with E-state index in [1.54, 1.807) is 7.11 Å². The molecule has 2 aromatic rings. The van der Waals surface area contributed by atoms with Gasteiger partial charge in [0.2, 0.25) is 0 Å². The highest BCUT2D eigenvalue weighted by Gasteiger charge is 2.25. The highest BCUT2D eigenvalue weighted by atomic mass is 16.5. The van der Waals surface area contributed by atoms with E-state index in [2.05, 4.69) is 44.8 Å². The second-order valence-electron chi connectivity index (χ2n) is 6.16. The maximum Gasteiger partial charge on any atom is 0.135 e. The van der Waals surface area contributed by atoms with E-state index in [-0.39, 0.29) is 0 Å². The first-order chi connectivity index (χ1) is 11.3. The molecule has 1 fully saturated rings. The van der Waals surface area contributed by atoms with Crippen LogP contribution in [0.5, 0.6) is 0 Å². The lowest BCUT2D eigenvalue weighted by atomic mass is 10.2. The summed E-state index contributed by atoms with van der Waals surface area (Å²) in [7, 11) is 1.78. The standard InChI is InChI=1S/C18H22N4O/c1-23-12-15-5-3-9-22(15)14-6-7-16-17(10-14)20-11-13-4-2-8-19-18(13)21-16/h2,4,6-8,10,15,20H,3,5,9,11-12H2,1H3,(H,19,21). The molecule has 1 saturated heterocycles. The van der Waals surface area contributed by atoms with Crippen molar-refractivity contribution < 1.29 is 4.74 Å². The molecule has 2 aliphatic rings. The molecule has 5 nitrogen and oxygen atoms in total. The summed E-state index contributed by atoms with van der Waals surface area (Å²) in [6.07, 6.45) is 4.25. The molecule has 0 radical (unpaired) electrons. The summed E-state index contributed by atoms with van der Waals surface area (Å²) >= 11 is 0. The largest absolute Gasteiger partial charge is 0.383 e. The van der Waals surface area contributed by atoms with Gasteiger partial charge in [0.25, 0.3) is 0 Å². The SMILES string of the molecule is COCC1CCCN1c1ccc2c(c1)NCc1cccnc1N2. The van der Waals surface area contributed by atoms with Crippen molar-refractivity contribution >= 4 is 22.9 Å². The fourth-order valence-corrected chi connectivity index (χ4v) is 3.52. The van der Waals surface area contributed by atoms with Crippen LogP contribution in [0.2, 0.25) is 0 Å². The van der Waals surface area contributed by atoms with Crippen molar-refractivity contribution in [2.45, 2.75) is 25.4 Å². The number of methoxy groups -OCH3 is 1. The van der Waals surface area contributed by atoms with E-state index in [0.717, 1.165) is 36.9 Å². The number of pyridine rings is 1. The molecule has 3 heterocycles. The van der Waals surface area contributed by atoms with Gasteiger partial charge in [-0.25, -0.2) is 4.98 Å². The number of ether oxygens (including phenoxy) is 1. The summed E-state index contributed by atoms with van der Waals surface area (Å²) in [5.41, 5.74) is 4.65. The van der Waals surface area contributed by atoms with Crippen molar-refractivity contribution in [1.29, 1.82) is 0 Å². The number of anilines is 4. The number of hydrogen-bond donors (Lipinski definition) is 2. The molecule has 1 atom stereocenters. The summed E-state index contributed by atoms with van der Waals surface area (Å²) in [5, 5.41) is 6.97. The average molecular weight is 310 g/mol. The third kappa shape index (κ3) is 2.72. The van der Waals surface area contributed by atoms with Gasteiger partial charge in [-0.3, -0.25) is 0 Å². The van der Waals surface area contributed by atoms with Crippen LogP contribution >= 0.6 is 0 Å². The molecule has 23 heavy (non-hydrogen) atoms. The van der Waals surface area contributed by atoms with Gasteiger partial charge in [0.1, 0.15) is 5.82 Å². The Morgan fingerprint density at radius 1 is 1.30 bits per heavy atom. The number of nitrogens with one attached hydrogen (secondary N) is 2. The molecular formula is C18H22N4O. The fraction of sp³-hybridized carbons (Fsp3) is 0.389. The normalized spacial score (nSPS) is 19.3. The molecule has 1 aromatic carbocycles. The first kappa shape index (κ1) is 14.3. The quantitative estimate of drug-likeness (QED) is 0.910. The molecule has 0 bridgehead atoms. The van der Waals surface area contributed by atoms with Crippen molar-refractivity contribution in [3.63, 3.8) is 0 Å². The molecule has 5 heteroatoms. The van der Waals surface area contributed by atoms with Crippen LogP contribution in [-0.2, 0) is 11.3 Å². The zero-order chi connectivity index (χ0) is 15.6. The third-order valence-electron chi connectivity index (χ3n) is 4.68. The van der Waals surface area contributed by atoms with Gasteiger partial charge in [0.05, 0.1) is 24.0 Å². The maximum atomic E-state index is 5.37. The Bertz CT molecular complexity index is 703. The van der Waals surface area contributed by atoms with Crippen molar-refractivity contribution in [3.05, 3.63) is 42.1 Å². The molecular weight excluding hydrogens is 288 g/mol. The first-order valence-electron chi connectivity index (χ1n) is 8.19. The molecule has 2 N–H and O–H groups in total. The predicted octanol–water partition coefficient (Wildman–Crippen LogP) is 3.37. The van der Waals surface area contributed by atoms with E-state index in [4.69, 9.17) is 4.74 Å². The van der Waals surface area contributed by atoms with Crippen molar-refractivity contribution in [3.8, 4) is 0 Å². The number of aromatic nitrogens is 1. The number of rotatable bonds is 3. The highest BCUT2D eigenvalue weighted by molar-refractivity contribution is 5.80. The Morgan fingerprint density at radius 2 is 2.26 bits per heavy atom. The number of fused-ring (bicyclic) bond motifs is 2. The smallest absolute Gasteiger partial charge is 0.135 e. The lowest BCUT2D eigenvalue weighted by molar-refractivity contribution is 0.181. The second-order valence-corrected chi connectivity index (χ2v) is 6.16. The summed E-state index contributed by atoms with van der Waals surface area (Å²) in [5.74, 6) is 0.935. The minimum atomic E-state index is 0.482. The minimum Gasteiger partial charge on any atom is -0.383 e. The van der Waals surface area contributed by atoms with Crippen LogP contribution in [0.1, 0.15) is 18.4 Å². The van der Waals surface area contributed by atoms with Crippen molar-refractivity contribution in [2.24, 2.45) is 0 Å². The van der Waals surface area contributed by atoms with Crippen LogP contribution in [0.3, 0.4) is 0 Å². The molecule has 2 aliphatic heterocycles. The summed E-state index contributed by atoms with van der Waals surface area (Å²) in [6, 6.07) is 11.1. The molecule has 0 amide bonds. The number of nitrogens with zero attached hydrogens (tertiary/aromatic N) is 2. The predicted molar refractivity (Wildman–Crippen MR) is 93.5 cm³/mol. The van der Waals surface area contributed by atoms with Crippen LogP contribution in [0.15, 0.2) is 36.5 Å². The first-order valence-corrected chi connectivity index (χ1v) is 8.19.